The van der Waals surface area contributed by atoms with Crippen LogP contribution in [-0.4, -0.2) is 27.4 Å². The number of aromatic nitrogens is 3. The second-order valence-electron chi connectivity index (χ2n) is 6.84. The summed E-state index contributed by atoms with van der Waals surface area (Å²) in [6, 6.07) is 15.2. The highest BCUT2D eigenvalue weighted by Crippen LogP contribution is 2.14. The zero-order valence-corrected chi connectivity index (χ0v) is 15.5. The summed E-state index contributed by atoms with van der Waals surface area (Å²) in [6.07, 6.45) is 5.29. The van der Waals surface area contributed by atoms with Crippen molar-refractivity contribution >= 4 is 27.7 Å². The predicted molar refractivity (Wildman–Crippen MR) is 111 cm³/mol. The molecule has 0 saturated carbocycles. The first kappa shape index (κ1) is 18.0. The Morgan fingerprint density at radius 2 is 1.75 bits per heavy atom. The van der Waals surface area contributed by atoms with Gasteiger partial charge in [-0.2, -0.15) is 0 Å². The molecule has 0 atom stereocenters. The number of nitrogens with zero attached hydrogens (tertiary/aromatic N) is 1. The van der Waals surface area contributed by atoms with Crippen LogP contribution in [-0.2, 0) is 6.42 Å². The molecule has 0 unspecified atom stereocenters. The number of nitrogens with one attached hydrogen (secondary N) is 3. The molecule has 28 heavy (non-hydrogen) atoms. The zero-order chi connectivity index (χ0) is 19.3. The van der Waals surface area contributed by atoms with E-state index < -0.39 is 0 Å². The molecule has 142 valence electrons. The Hall–Kier alpha value is -3.41. The number of hydrogen-bond donors (Lipinski definition) is 3. The lowest BCUT2D eigenvalue weighted by molar-refractivity contribution is 0.0954. The van der Waals surface area contributed by atoms with Gasteiger partial charge in [0.2, 0.25) is 0 Å². The highest BCUT2D eigenvalue weighted by atomic mass is 16.1. The van der Waals surface area contributed by atoms with Crippen LogP contribution in [0.1, 0.15) is 35.4 Å². The number of imidazole rings is 1. The number of fused-ring (bicyclic) bond motifs is 2. The molecule has 0 aliphatic rings. The molecule has 0 spiro atoms. The third kappa shape index (κ3) is 3.81. The van der Waals surface area contributed by atoms with Gasteiger partial charge in [0.05, 0.1) is 16.6 Å². The van der Waals surface area contributed by atoms with Crippen LogP contribution in [0, 0.1) is 0 Å². The Morgan fingerprint density at radius 3 is 2.61 bits per heavy atom. The number of para-hydroxylation sites is 2. The molecule has 2 aromatic carbocycles. The van der Waals surface area contributed by atoms with Crippen molar-refractivity contribution in [2.45, 2.75) is 25.7 Å². The van der Waals surface area contributed by atoms with Crippen LogP contribution in [0.2, 0.25) is 0 Å². The number of hydrogen-bond acceptors (Lipinski definition) is 3. The monoisotopic (exact) mass is 374 g/mol. The molecular formula is C22H22N4O2. The van der Waals surface area contributed by atoms with Crippen molar-refractivity contribution in [2.24, 2.45) is 0 Å². The van der Waals surface area contributed by atoms with E-state index in [-0.39, 0.29) is 11.5 Å². The second-order valence-corrected chi connectivity index (χ2v) is 6.84. The van der Waals surface area contributed by atoms with Gasteiger partial charge in [-0.25, -0.2) is 4.98 Å². The molecule has 6 heteroatoms. The Morgan fingerprint density at radius 1 is 0.964 bits per heavy atom. The summed E-state index contributed by atoms with van der Waals surface area (Å²) in [5.41, 5.74) is 2.38. The maximum absolute atomic E-state index is 12.5. The summed E-state index contributed by atoms with van der Waals surface area (Å²) >= 11 is 0. The summed E-state index contributed by atoms with van der Waals surface area (Å²) in [5.74, 6) is 0.842. The molecule has 6 nitrogen and oxygen atoms in total. The van der Waals surface area contributed by atoms with E-state index in [1.807, 2.05) is 30.3 Å². The Kier molecular flexibility index (Phi) is 5.19. The van der Waals surface area contributed by atoms with E-state index in [9.17, 15) is 9.59 Å². The van der Waals surface area contributed by atoms with E-state index in [0.717, 1.165) is 42.5 Å². The summed E-state index contributed by atoms with van der Waals surface area (Å²) in [6.45, 7) is 0.604. The van der Waals surface area contributed by atoms with Gasteiger partial charge in [-0.3, -0.25) is 9.59 Å². The summed E-state index contributed by atoms with van der Waals surface area (Å²) in [5, 5.41) is 4.15. The van der Waals surface area contributed by atoms with E-state index in [0.29, 0.717) is 22.9 Å². The Labute approximate surface area is 162 Å². The SMILES string of the molecule is O=C(NCCCCCc1nc2ccccc2[nH]1)c1c[nH]c(=O)c2ccccc12. The predicted octanol–water partition coefficient (Wildman–Crippen LogP) is 3.55. The molecule has 3 N–H and O–H groups in total. The van der Waals surface area contributed by atoms with Crippen LogP contribution in [0.25, 0.3) is 21.8 Å². The number of H-pyrrole nitrogens is 2. The first-order chi connectivity index (χ1) is 13.7. The van der Waals surface area contributed by atoms with E-state index >= 15 is 0 Å². The fourth-order valence-corrected chi connectivity index (χ4v) is 3.41. The first-order valence-electron chi connectivity index (χ1n) is 9.54. The number of aryl methyl sites for hydroxylation is 1. The van der Waals surface area contributed by atoms with Gasteiger partial charge in [0.1, 0.15) is 5.82 Å². The van der Waals surface area contributed by atoms with Crippen molar-refractivity contribution in [1.82, 2.24) is 20.3 Å². The van der Waals surface area contributed by atoms with Crippen molar-refractivity contribution in [1.29, 1.82) is 0 Å². The van der Waals surface area contributed by atoms with Gasteiger partial charge < -0.3 is 15.3 Å². The number of pyridine rings is 1. The van der Waals surface area contributed by atoms with E-state index in [2.05, 4.69) is 20.3 Å². The number of carbonyl (C=O) groups excluding carboxylic acids is 1. The van der Waals surface area contributed by atoms with Gasteiger partial charge >= 0.3 is 0 Å². The summed E-state index contributed by atoms with van der Waals surface area (Å²) in [7, 11) is 0. The van der Waals surface area contributed by atoms with Gasteiger partial charge in [-0.15, -0.1) is 0 Å². The van der Waals surface area contributed by atoms with Crippen molar-refractivity contribution < 1.29 is 4.79 Å². The van der Waals surface area contributed by atoms with Crippen LogP contribution in [0.15, 0.2) is 59.5 Å². The molecule has 0 bridgehead atoms. The average molecular weight is 374 g/mol. The number of carbonyl (C=O) groups is 1. The van der Waals surface area contributed by atoms with Crippen LogP contribution in [0.4, 0.5) is 0 Å². The lowest BCUT2D eigenvalue weighted by Crippen LogP contribution is -2.25. The Bertz CT molecular complexity index is 1140. The topological polar surface area (TPSA) is 90.6 Å². The highest BCUT2D eigenvalue weighted by molar-refractivity contribution is 6.06. The van der Waals surface area contributed by atoms with Crippen molar-refractivity contribution in [2.75, 3.05) is 6.54 Å². The molecule has 2 heterocycles. The highest BCUT2D eigenvalue weighted by Gasteiger charge is 2.11. The lowest BCUT2D eigenvalue weighted by Gasteiger charge is -2.07. The van der Waals surface area contributed by atoms with E-state index in [4.69, 9.17) is 0 Å². The molecular weight excluding hydrogens is 352 g/mol. The minimum atomic E-state index is -0.183. The largest absolute Gasteiger partial charge is 0.352 e. The first-order valence-corrected chi connectivity index (χ1v) is 9.54. The maximum Gasteiger partial charge on any atom is 0.255 e. The van der Waals surface area contributed by atoms with Crippen LogP contribution < -0.4 is 10.9 Å². The lowest BCUT2D eigenvalue weighted by atomic mass is 10.1. The Balaban J connectivity index is 1.26. The minimum Gasteiger partial charge on any atom is -0.352 e. The number of unbranched alkanes of at least 4 members (excludes halogenated alkanes) is 2. The second kappa shape index (κ2) is 8.08. The minimum absolute atomic E-state index is 0.162. The van der Waals surface area contributed by atoms with Crippen molar-refractivity contribution in [3.63, 3.8) is 0 Å². The molecule has 4 rings (SSSR count). The molecule has 0 fully saturated rings. The fraction of sp³-hybridized carbons (Fsp3) is 0.227. The molecule has 0 aliphatic carbocycles. The van der Waals surface area contributed by atoms with Gasteiger partial charge in [0.15, 0.2) is 0 Å². The molecule has 1 amide bonds. The third-order valence-corrected chi connectivity index (χ3v) is 4.87. The van der Waals surface area contributed by atoms with E-state index in [1.165, 1.54) is 6.20 Å². The summed E-state index contributed by atoms with van der Waals surface area (Å²) in [4.78, 5) is 34.9. The standard InChI is InChI=1S/C22H22N4O2/c27-21-16-9-4-3-8-15(16)17(14-24-21)22(28)23-13-7-1-2-12-20-25-18-10-5-6-11-19(18)26-20/h3-6,8-11,14H,1-2,7,12-13H2,(H,23,28)(H,24,27)(H,25,26). The molecule has 0 saturated heterocycles. The average Bonchev–Trinajstić information content (AvgIpc) is 3.14. The van der Waals surface area contributed by atoms with Crippen molar-refractivity contribution in [3.8, 4) is 0 Å². The van der Waals surface area contributed by atoms with Gasteiger partial charge in [-0.1, -0.05) is 36.8 Å². The molecule has 4 aromatic rings. The molecule has 0 aliphatic heterocycles. The quantitative estimate of drug-likeness (QED) is 0.432. The molecule has 2 aromatic heterocycles. The van der Waals surface area contributed by atoms with Gasteiger partial charge in [0, 0.05) is 29.9 Å². The summed E-state index contributed by atoms with van der Waals surface area (Å²) < 4.78 is 0. The smallest absolute Gasteiger partial charge is 0.255 e. The molecule has 0 radical (unpaired) electrons. The maximum atomic E-state index is 12.5. The third-order valence-electron chi connectivity index (χ3n) is 4.87. The number of amides is 1. The normalized spacial score (nSPS) is 11.1. The number of aromatic amines is 2. The van der Waals surface area contributed by atoms with Gasteiger partial charge in [0.25, 0.3) is 11.5 Å². The van der Waals surface area contributed by atoms with Crippen LogP contribution >= 0.6 is 0 Å². The number of benzene rings is 2. The van der Waals surface area contributed by atoms with Gasteiger partial charge in [-0.05, 0) is 31.0 Å². The fourth-order valence-electron chi connectivity index (χ4n) is 3.41. The van der Waals surface area contributed by atoms with E-state index in [1.54, 1.807) is 18.2 Å². The van der Waals surface area contributed by atoms with Crippen LogP contribution in [0.5, 0.6) is 0 Å². The number of rotatable bonds is 7. The van der Waals surface area contributed by atoms with Crippen LogP contribution in [0.3, 0.4) is 0 Å². The zero-order valence-electron chi connectivity index (χ0n) is 15.5. The van der Waals surface area contributed by atoms with Crippen molar-refractivity contribution in [3.05, 3.63) is 76.5 Å².